The predicted molar refractivity (Wildman–Crippen MR) is 78.7 cm³/mol. The molecule has 10 heteroatoms. The van der Waals surface area contributed by atoms with Crippen LogP contribution in [0.5, 0.6) is 0 Å². The Morgan fingerprint density at radius 1 is 1.25 bits per heavy atom. The molecule has 0 fully saturated rings. The van der Waals surface area contributed by atoms with Crippen LogP contribution in [-0.4, -0.2) is 87.4 Å². The van der Waals surface area contributed by atoms with Crippen LogP contribution in [0.4, 0.5) is 0 Å². The molecule has 10 nitrogen and oxygen atoms in total. The lowest BCUT2D eigenvalue weighted by Gasteiger charge is -2.19. The van der Waals surface area contributed by atoms with Crippen molar-refractivity contribution in [2.24, 2.45) is 0 Å². The molecule has 0 aromatic carbocycles. The second-order valence-electron chi connectivity index (χ2n) is 4.32. The standard InChI is InChI=1S/C6H12O6.C6H6O2.C2H5O2/c7-1-3(9)5(11)6(12)4(10)2-8;1-5-2-3-8-6(5)4-7;3-1-2-4/h3,5-9,11-12H,1-2H2;2-4H,1H3;3H,1-2H2. The monoisotopic (exact) mass is 351 g/mol. The van der Waals surface area contributed by atoms with Gasteiger partial charge in [-0.2, -0.15) is 0 Å². The smallest absolute Gasteiger partial charge is 0.189 e. The average Bonchev–Trinajstić information content (AvgIpc) is 3.04. The van der Waals surface area contributed by atoms with Crippen LogP contribution in [0.15, 0.2) is 16.7 Å². The molecule has 0 spiro atoms. The van der Waals surface area contributed by atoms with E-state index in [2.05, 4.69) is 0 Å². The molecule has 6 N–H and O–H groups in total. The fraction of sp³-hybridized carbons (Fsp3) is 0.571. The number of Topliss-reactive ketones (excluding diaryl/α,β-unsaturated/α-hetero) is 1. The first-order chi connectivity index (χ1) is 11.3. The van der Waals surface area contributed by atoms with Crippen LogP contribution >= 0.6 is 0 Å². The zero-order valence-electron chi connectivity index (χ0n) is 13.1. The predicted octanol–water partition coefficient (Wildman–Crippen LogP) is -2.57. The van der Waals surface area contributed by atoms with Gasteiger partial charge in [-0.3, -0.25) is 9.59 Å². The minimum absolute atomic E-state index is 0.236. The molecule has 1 rings (SSSR count). The lowest BCUT2D eigenvalue weighted by atomic mass is 10.1. The van der Waals surface area contributed by atoms with E-state index in [0.29, 0.717) is 12.0 Å². The van der Waals surface area contributed by atoms with Gasteiger partial charge in [-0.15, -0.1) is 0 Å². The van der Waals surface area contributed by atoms with Gasteiger partial charge in [-0.1, -0.05) is 0 Å². The molecule has 24 heavy (non-hydrogen) atoms. The lowest BCUT2D eigenvalue weighted by molar-refractivity contribution is -0.142. The van der Waals surface area contributed by atoms with E-state index in [4.69, 9.17) is 40.2 Å². The van der Waals surface area contributed by atoms with Gasteiger partial charge < -0.3 is 35.1 Å². The normalized spacial score (nSPS) is 13.5. The van der Waals surface area contributed by atoms with Gasteiger partial charge in [-0.05, 0) is 18.6 Å². The summed E-state index contributed by atoms with van der Waals surface area (Å²) >= 11 is 0. The summed E-state index contributed by atoms with van der Waals surface area (Å²) in [5.41, 5.74) is 0.889. The van der Waals surface area contributed by atoms with Crippen molar-refractivity contribution in [2.75, 3.05) is 26.4 Å². The highest BCUT2D eigenvalue weighted by Crippen LogP contribution is 2.03. The van der Waals surface area contributed by atoms with E-state index >= 15 is 0 Å². The van der Waals surface area contributed by atoms with Crippen molar-refractivity contribution < 1.29 is 49.8 Å². The Bertz CT molecular complexity index is 443. The summed E-state index contributed by atoms with van der Waals surface area (Å²) in [5, 5.41) is 59.7. The molecular formula is C14H23O10. The number of aliphatic hydroxyl groups excluding tert-OH is 6. The molecule has 0 saturated carbocycles. The Labute approximate surface area is 138 Å². The first-order valence-corrected chi connectivity index (χ1v) is 6.77. The number of hydrogen-bond donors (Lipinski definition) is 6. The van der Waals surface area contributed by atoms with Gasteiger partial charge in [0.25, 0.3) is 0 Å². The molecule has 1 heterocycles. The fourth-order valence-electron chi connectivity index (χ4n) is 1.11. The van der Waals surface area contributed by atoms with Gasteiger partial charge in [0, 0.05) is 0 Å². The van der Waals surface area contributed by atoms with Gasteiger partial charge in [0.05, 0.1) is 19.5 Å². The number of aldehydes is 1. The summed E-state index contributed by atoms with van der Waals surface area (Å²) < 4.78 is 4.75. The number of carbonyl (C=O) groups excluding carboxylic acids is 2. The topological polar surface area (TPSA) is 189 Å². The lowest BCUT2D eigenvalue weighted by Crippen LogP contribution is -2.44. The molecule has 1 radical (unpaired) electrons. The Morgan fingerprint density at radius 2 is 1.79 bits per heavy atom. The van der Waals surface area contributed by atoms with Crippen LogP contribution in [0.25, 0.3) is 0 Å². The molecule has 0 aliphatic heterocycles. The average molecular weight is 351 g/mol. The molecule has 0 aliphatic rings. The van der Waals surface area contributed by atoms with Crippen LogP contribution in [0.2, 0.25) is 0 Å². The summed E-state index contributed by atoms with van der Waals surface area (Å²) in [6, 6.07) is 1.75. The van der Waals surface area contributed by atoms with E-state index in [1.807, 2.05) is 6.92 Å². The Kier molecular flexibility index (Phi) is 15.3. The van der Waals surface area contributed by atoms with Crippen LogP contribution < -0.4 is 0 Å². The van der Waals surface area contributed by atoms with Crippen LogP contribution in [0.3, 0.4) is 0 Å². The van der Waals surface area contributed by atoms with E-state index in [-0.39, 0.29) is 13.2 Å². The Balaban J connectivity index is 0. The van der Waals surface area contributed by atoms with E-state index in [9.17, 15) is 9.59 Å². The van der Waals surface area contributed by atoms with E-state index < -0.39 is 37.3 Å². The number of aliphatic hydroxyl groups is 6. The molecule has 0 aliphatic carbocycles. The molecule has 0 bridgehead atoms. The summed E-state index contributed by atoms with van der Waals surface area (Å²) in [6.07, 6.45) is -3.02. The summed E-state index contributed by atoms with van der Waals surface area (Å²) in [4.78, 5) is 20.5. The number of carbonyl (C=O) groups is 2. The SMILES string of the molecule is Cc1ccoc1C=O.O=C(CO)C(O)C(O)C(O)CO.[O]CCO. The third-order valence-electron chi connectivity index (χ3n) is 2.49. The highest BCUT2D eigenvalue weighted by Gasteiger charge is 2.28. The molecule has 0 saturated heterocycles. The maximum atomic E-state index is 10.5. The number of aryl methyl sites for hydroxylation is 1. The van der Waals surface area contributed by atoms with Crippen LogP contribution in [-0.2, 0) is 9.90 Å². The fourth-order valence-corrected chi connectivity index (χ4v) is 1.11. The molecule has 0 amide bonds. The van der Waals surface area contributed by atoms with Crippen molar-refractivity contribution in [3.8, 4) is 0 Å². The largest absolute Gasteiger partial charge is 0.461 e. The van der Waals surface area contributed by atoms with Gasteiger partial charge in [0.15, 0.2) is 17.8 Å². The first-order valence-electron chi connectivity index (χ1n) is 6.77. The van der Waals surface area contributed by atoms with Crippen LogP contribution in [0, 0.1) is 6.92 Å². The van der Waals surface area contributed by atoms with E-state index in [1.54, 1.807) is 6.07 Å². The highest BCUT2D eigenvalue weighted by molar-refractivity contribution is 5.84. The quantitative estimate of drug-likeness (QED) is 0.287. The van der Waals surface area contributed by atoms with Crippen molar-refractivity contribution in [1.82, 2.24) is 0 Å². The Hall–Kier alpha value is -1.66. The molecule has 3 atom stereocenters. The van der Waals surface area contributed by atoms with Crippen LogP contribution in [0.1, 0.15) is 16.1 Å². The maximum Gasteiger partial charge on any atom is 0.189 e. The molecule has 1 aromatic heterocycles. The molecule has 139 valence electrons. The summed E-state index contributed by atoms with van der Waals surface area (Å²) in [6.45, 7) is -0.472. The molecule has 3 unspecified atom stereocenters. The second kappa shape index (κ2) is 14.9. The Morgan fingerprint density at radius 3 is 2.04 bits per heavy atom. The van der Waals surface area contributed by atoms with E-state index in [1.165, 1.54) is 6.26 Å². The number of furan rings is 1. The van der Waals surface area contributed by atoms with Crippen molar-refractivity contribution in [2.45, 2.75) is 25.2 Å². The zero-order valence-corrected chi connectivity index (χ0v) is 13.1. The minimum atomic E-state index is -1.86. The van der Waals surface area contributed by atoms with Crippen molar-refractivity contribution in [3.05, 3.63) is 23.7 Å². The van der Waals surface area contributed by atoms with Gasteiger partial charge in [0.2, 0.25) is 0 Å². The van der Waals surface area contributed by atoms with Gasteiger partial charge in [0.1, 0.15) is 31.5 Å². The molecular weight excluding hydrogens is 328 g/mol. The maximum absolute atomic E-state index is 10.5. The first kappa shape index (κ1) is 24.6. The van der Waals surface area contributed by atoms with Crippen molar-refractivity contribution in [1.29, 1.82) is 0 Å². The summed E-state index contributed by atoms with van der Waals surface area (Å²) in [7, 11) is 0. The number of ketones is 1. The number of hydrogen-bond acceptors (Lipinski definition) is 9. The highest BCUT2D eigenvalue weighted by atomic mass is 16.4. The summed E-state index contributed by atoms with van der Waals surface area (Å²) in [5.74, 6) is -0.583. The van der Waals surface area contributed by atoms with Gasteiger partial charge in [-0.25, -0.2) is 5.11 Å². The zero-order chi connectivity index (χ0) is 19.1. The third kappa shape index (κ3) is 10.2. The second-order valence-corrected chi connectivity index (χ2v) is 4.32. The minimum Gasteiger partial charge on any atom is -0.461 e. The van der Waals surface area contributed by atoms with E-state index in [0.717, 1.165) is 5.56 Å². The molecule has 1 aromatic rings. The third-order valence-corrected chi connectivity index (χ3v) is 2.49. The number of rotatable bonds is 7. The van der Waals surface area contributed by atoms with Crippen molar-refractivity contribution in [3.63, 3.8) is 0 Å². The van der Waals surface area contributed by atoms with Gasteiger partial charge >= 0.3 is 0 Å². The van der Waals surface area contributed by atoms with Crippen molar-refractivity contribution >= 4 is 12.1 Å².